The summed E-state index contributed by atoms with van der Waals surface area (Å²) in [5, 5.41) is 3.60. The largest absolute Gasteiger partial charge is 0.445 e. The van der Waals surface area contributed by atoms with E-state index in [-0.39, 0.29) is 0 Å². The minimum absolute atomic E-state index is 0.502. The summed E-state index contributed by atoms with van der Waals surface area (Å²) in [7, 11) is 0. The minimum atomic E-state index is 0.502. The highest BCUT2D eigenvalue weighted by Crippen LogP contribution is 2.11. The molecule has 1 aromatic carbocycles. The Labute approximate surface area is 119 Å². The highest BCUT2D eigenvalue weighted by molar-refractivity contribution is 5.16. The second-order valence-corrected chi connectivity index (χ2v) is 5.44. The molecule has 2 aromatic rings. The summed E-state index contributed by atoms with van der Waals surface area (Å²) in [5.74, 6) is 1.71. The van der Waals surface area contributed by atoms with E-state index in [2.05, 4.69) is 45.5 Å². The van der Waals surface area contributed by atoms with Crippen LogP contribution in [0.2, 0.25) is 0 Å². The van der Waals surface area contributed by atoms with E-state index in [0.29, 0.717) is 6.04 Å². The van der Waals surface area contributed by atoms with Gasteiger partial charge in [0, 0.05) is 25.7 Å². The molecule has 1 unspecified atom stereocenters. The van der Waals surface area contributed by atoms with Crippen molar-refractivity contribution in [3.8, 4) is 0 Å². The van der Waals surface area contributed by atoms with E-state index in [1.54, 1.807) is 6.20 Å². The van der Waals surface area contributed by atoms with Crippen LogP contribution >= 0.6 is 0 Å². The number of nitrogens with zero attached hydrogens (tertiary/aromatic N) is 2. The molecule has 3 rings (SSSR count). The van der Waals surface area contributed by atoms with Crippen LogP contribution in [0.5, 0.6) is 0 Å². The average Bonchev–Trinajstić information content (AvgIpc) is 2.86. The van der Waals surface area contributed by atoms with Crippen LogP contribution in [0, 0.1) is 6.92 Å². The van der Waals surface area contributed by atoms with Crippen molar-refractivity contribution in [2.24, 2.45) is 0 Å². The fourth-order valence-electron chi connectivity index (χ4n) is 2.74. The molecule has 1 aliphatic heterocycles. The van der Waals surface area contributed by atoms with Gasteiger partial charge in [0.05, 0.1) is 12.7 Å². The standard InChI is InChI=1S/C16H21N3O/c1-13-10-18-16(20-13)12-19-8-7-17-15(11-19)9-14-5-3-2-4-6-14/h2-6,10,15,17H,7-9,11-12H2,1H3. The van der Waals surface area contributed by atoms with E-state index >= 15 is 0 Å². The molecule has 0 radical (unpaired) electrons. The van der Waals surface area contributed by atoms with Crippen LogP contribution in [0.4, 0.5) is 0 Å². The molecule has 0 saturated carbocycles. The van der Waals surface area contributed by atoms with Gasteiger partial charge in [-0.2, -0.15) is 0 Å². The normalized spacial score (nSPS) is 20.1. The van der Waals surface area contributed by atoms with Crippen LogP contribution in [0.1, 0.15) is 17.2 Å². The third kappa shape index (κ3) is 3.46. The molecular weight excluding hydrogens is 250 g/mol. The molecule has 106 valence electrons. The van der Waals surface area contributed by atoms with Crippen molar-refractivity contribution < 1.29 is 4.42 Å². The molecule has 2 heterocycles. The summed E-state index contributed by atoms with van der Waals surface area (Å²) >= 11 is 0. The molecule has 0 aliphatic carbocycles. The Morgan fingerprint density at radius 1 is 1.35 bits per heavy atom. The van der Waals surface area contributed by atoms with Gasteiger partial charge < -0.3 is 9.73 Å². The Hall–Kier alpha value is -1.65. The first-order chi connectivity index (χ1) is 9.79. The van der Waals surface area contributed by atoms with Gasteiger partial charge in [0.25, 0.3) is 0 Å². The van der Waals surface area contributed by atoms with Crippen LogP contribution in [-0.4, -0.2) is 35.6 Å². The Balaban J connectivity index is 1.56. The smallest absolute Gasteiger partial charge is 0.208 e. The monoisotopic (exact) mass is 271 g/mol. The van der Waals surface area contributed by atoms with E-state index in [1.165, 1.54) is 5.56 Å². The molecule has 0 spiro atoms. The maximum absolute atomic E-state index is 5.57. The molecule has 1 saturated heterocycles. The van der Waals surface area contributed by atoms with Gasteiger partial charge in [0.2, 0.25) is 5.89 Å². The molecular formula is C16H21N3O. The molecule has 20 heavy (non-hydrogen) atoms. The number of oxazole rings is 1. The molecule has 1 fully saturated rings. The Morgan fingerprint density at radius 2 is 2.20 bits per heavy atom. The lowest BCUT2D eigenvalue weighted by molar-refractivity contribution is 0.176. The molecule has 1 atom stereocenters. The summed E-state index contributed by atoms with van der Waals surface area (Å²) in [6.45, 7) is 5.85. The fraction of sp³-hybridized carbons (Fsp3) is 0.438. The number of hydrogen-bond donors (Lipinski definition) is 1. The maximum Gasteiger partial charge on any atom is 0.208 e. The van der Waals surface area contributed by atoms with Crippen molar-refractivity contribution in [3.63, 3.8) is 0 Å². The van der Waals surface area contributed by atoms with Gasteiger partial charge in [-0.15, -0.1) is 0 Å². The highest BCUT2D eigenvalue weighted by atomic mass is 16.4. The predicted molar refractivity (Wildman–Crippen MR) is 78.5 cm³/mol. The summed E-state index contributed by atoms with van der Waals surface area (Å²) in [6.07, 6.45) is 2.86. The molecule has 1 N–H and O–H groups in total. The van der Waals surface area contributed by atoms with Gasteiger partial charge in [0.1, 0.15) is 5.76 Å². The number of rotatable bonds is 4. The average molecular weight is 271 g/mol. The van der Waals surface area contributed by atoms with E-state index in [4.69, 9.17) is 4.42 Å². The molecule has 4 nitrogen and oxygen atoms in total. The molecule has 0 bridgehead atoms. The molecule has 0 amide bonds. The first kappa shape index (κ1) is 13.3. The molecule has 1 aromatic heterocycles. The van der Waals surface area contributed by atoms with E-state index < -0.39 is 0 Å². The highest BCUT2D eigenvalue weighted by Gasteiger charge is 2.20. The zero-order chi connectivity index (χ0) is 13.8. The third-order valence-corrected chi connectivity index (χ3v) is 3.69. The van der Waals surface area contributed by atoms with Gasteiger partial charge in [0.15, 0.2) is 0 Å². The van der Waals surface area contributed by atoms with Crippen LogP contribution in [0.3, 0.4) is 0 Å². The van der Waals surface area contributed by atoms with Crippen molar-refractivity contribution in [1.29, 1.82) is 0 Å². The summed E-state index contributed by atoms with van der Waals surface area (Å²) in [6, 6.07) is 11.2. The summed E-state index contributed by atoms with van der Waals surface area (Å²) < 4.78 is 5.57. The topological polar surface area (TPSA) is 41.3 Å². The lowest BCUT2D eigenvalue weighted by Crippen LogP contribution is -2.51. The van der Waals surface area contributed by atoms with E-state index in [0.717, 1.165) is 44.3 Å². The van der Waals surface area contributed by atoms with Crippen molar-refractivity contribution in [2.75, 3.05) is 19.6 Å². The van der Waals surface area contributed by atoms with Gasteiger partial charge in [-0.3, -0.25) is 4.90 Å². The predicted octanol–water partition coefficient (Wildman–Crippen LogP) is 2.00. The Morgan fingerprint density at radius 3 is 2.95 bits per heavy atom. The van der Waals surface area contributed by atoms with Crippen LogP contribution in [0.15, 0.2) is 40.9 Å². The number of benzene rings is 1. The van der Waals surface area contributed by atoms with Crippen molar-refractivity contribution in [2.45, 2.75) is 25.9 Å². The van der Waals surface area contributed by atoms with Crippen molar-refractivity contribution in [1.82, 2.24) is 15.2 Å². The lowest BCUT2D eigenvalue weighted by Gasteiger charge is -2.33. The molecule has 1 aliphatic rings. The van der Waals surface area contributed by atoms with Gasteiger partial charge in [-0.05, 0) is 18.9 Å². The number of hydrogen-bond acceptors (Lipinski definition) is 4. The minimum Gasteiger partial charge on any atom is -0.445 e. The number of aryl methyl sites for hydroxylation is 1. The van der Waals surface area contributed by atoms with Gasteiger partial charge >= 0.3 is 0 Å². The second kappa shape index (κ2) is 6.20. The first-order valence-corrected chi connectivity index (χ1v) is 7.20. The lowest BCUT2D eigenvalue weighted by atomic mass is 10.0. The quantitative estimate of drug-likeness (QED) is 0.923. The SMILES string of the molecule is Cc1cnc(CN2CCNC(Cc3ccccc3)C2)o1. The zero-order valence-electron chi connectivity index (χ0n) is 11.9. The maximum atomic E-state index is 5.57. The number of aromatic nitrogens is 1. The molecule has 4 heteroatoms. The zero-order valence-corrected chi connectivity index (χ0v) is 11.9. The summed E-state index contributed by atoms with van der Waals surface area (Å²) in [5.41, 5.74) is 1.39. The van der Waals surface area contributed by atoms with Gasteiger partial charge in [-0.1, -0.05) is 30.3 Å². The first-order valence-electron chi connectivity index (χ1n) is 7.20. The van der Waals surface area contributed by atoms with Crippen LogP contribution < -0.4 is 5.32 Å². The van der Waals surface area contributed by atoms with E-state index in [9.17, 15) is 0 Å². The summed E-state index contributed by atoms with van der Waals surface area (Å²) in [4.78, 5) is 6.70. The number of nitrogens with one attached hydrogen (secondary N) is 1. The van der Waals surface area contributed by atoms with Crippen LogP contribution in [0.25, 0.3) is 0 Å². The van der Waals surface area contributed by atoms with Crippen molar-refractivity contribution in [3.05, 3.63) is 53.7 Å². The van der Waals surface area contributed by atoms with Crippen LogP contribution in [-0.2, 0) is 13.0 Å². The fourth-order valence-corrected chi connectivity index (χ4v) is 2.74. The van der Waals surface area contributed by atoms with Gasteiger partial charge in [-0.25, -0.2) is 4.98 Å². The second-order valence-electron chi connectivity index (χ2n) is 5.44. The Bertz CT molecular complexity index is 538. The van der Waals surface area contributed by atoms with Crippen molar-refractivity contribution >= 4 is 0 Å². The van der Waals surface area contributed by atoms with E-state index in [1.807, 2.05) is 6.92 Å². The number of piperazine rings is 1. The third-order valence-electron chi connectivity index (χ3n) is 3.69. The Kier molecular flexibility index (Phi) is 4.14.